The van der Waals surface area contributed by atoms with Crippen LogP contribution in [0.25, 0.3) is 0 Å². The first kappa shape index (κ1) is 19.5. The van der Waals surface area contributed by atoms with Crippen molar-refractivity contribution >= 4 is 18.5 Å². The Kier molecular flexibility index (Phi) is 5.88. The molecule has 0 fully saturated rings. The summed E-state index contributed by atoms with van der Waals surface area (Å²) >= 11 is 5.80. The van der Waals surface area contributed by atoms with Crippen LogP contribution < -0.4 is 13.6 Å². The van der Waals surface area contributed by atoms with Crippen molar-refractivity contribution in [3.05, 3.63) is 89.0 Å². The molecule has 0 aliphatic heterocycles. The van der Waals surface area contributed by atoms with Gasteiger partial charge in [0.05, 0.1) is 0 Å². The second kappa shape index (κ2) is 8.16. The molecule has 0 spiro atoms. The van der Waals surface area contributed by atoms with Gasteiger partial charge in [-0.2, -0.15) is 0 Å². The van der Waals surface area contributed by atoms with Crippen LogP contribution >= 0.6 is 6.72 Å². The van der Waals surface area contributed by atoms with Gasteiger partial charge in [0.25, 0.3) is 0 Å². The summed E-state index contributed by atoms with van der Waals surface area (Å²) in [5.74, 6) is 1.98. The maximum atomic E-state index is 6.20. The van der Waals surface area contributed by atoms with E-state index in [0.717, 1.165) is 22.3 Å². The van der Waals surface area contributed by atoms with Crippen LogP contribution in [-0.4, -0.2) is 0 Å². The molecule has 0 amide bonds. The first-order chi connectivity index (χ1) is 12.9. The summed E-state index contributed by atoms with van der Waals surface area (Å²) in [6, 6.07) is 21.2. The highest BCUT2D eigenvalue weighted by molar-refractivity contribution is 8.08. The van der Waals surface area contributed by atoms with E-state index in [9.17, 15) is 0 Å². The first-order valence-corrected chi connectivity index (χ1v) is 11.3. The summed E-state index contributed by atoms with van der Waals surface area (Å²) < 4.78 is 18.5. The topological polar surface area (TPSA) is 27.7 Å². The molecular weight excluding hydrogens is 375 g/mol. The van der Waals surface area contributed by atoms with Gasteiger partial charge in [0, 0.05) is 11.8 Å². The van der Waals surface area contributed by atoms with Gasteiger partial charge in [-0.1, -0.05) is 42.5 Å². The van der Waals surface area contributed by atoms with Gasteiger partial charge >= 0.3 is 6.72 Å². The number of benzene rings is 3. The van der Waals surface area contributed by atoms with Gasteiger partial charge in [-0.3, -0.25) is 0 Å². The lowest BCUT2D eigenvalue weighted by Gasteiger charge is -2.25. The number of rotatable bonds is 6. The van der Waals surface area contributed by atoms with E-state index in [1.165, 1.54) is 0 Å². The van der Waals surface area contributed by atoms with Crippen LogP contribution in [-0.2, 0) is 11.8 Å². The van der Waals surface area contributed by atoms with E-state index in [4.69, 9.17) is 25.4 Å². The van der Waals surface area contributed by atoms with Crippen molar-refractivity contribution in [2.75, 3.05) is 0 Å². The molecule has 0 radical (unpaired) electrons. The number of para-hydroxylation sites is 1. The Bertz CT molecular complexity index is 929. The van der Waals surface area contributed by atoms with E-state index >= 15 is 0 Å². The minimum Gasteiger partial charge on any atom is -0.407 e. The summed E-state index contributed by atoms with van der Waals surface area (Å²) in [6.07, 6.45) is 0. The molecule has 0 saturated heterocycles. The Hall–Kier alpha value is -2.29. The molecule has 3 aromatic rings. The lowest BCUT2D eigenvalue weighted by atomic mass is 10.1. The van der Waals surface area contributed by atoms with Crippen LogP contribution in [0.4, 0.5) is 0 Å². The highest BCUT2D eigenvalue weighted by Gasteiger charge is 2.28. The van der Waals surface area contributed by atoms with E-state index in [0.29, 0.717) is 17.2 Å². The molecule has 0 N–H and O–H groups in total. The maximum absolute atomic E-state index is 6.20. The third-order valence-electron chi connectivity index (χ3n) is 4.49. The zero-order valence-electron chi connectivity index (χ0n) is 15.9. The lowest BCUT2D eigenvalue weighted by Crippen LogP contribution is -2.09. The number of aryl methyl sites for hydroxylation is 2. The molecule has 0 atom stereocenters. The van der Waals surface area contributed by atoms with E-state index in [1.807, 2.05) is 94.4 Å². The van der Waals surface area contributed by atoms with Gasteiger partial charge in [-0.15, -0.1) is 0 Å². The van der Waals surface area contributed by atoms with Crippen LogP contribution in [0.2, 0.25) is 0 Å². The fraction of sp³-hybridized carbons (Fsp3) is 0.182. The predicted molar refractivity (Wildman–Crippen MR) is 114 cm³/mol. The van der Waals surface area contributed by atoms with Crippen molar-refractivity contribution in [2.24, 2.45) is 0 Å². The fourth-order valence-electron chi connectivity index (χ4n) is 2.55. The number of hydrogen-bond donors (Lipinski definition) is 0. The molecule has 3 rings (SSSR count). The van der Waals surface area contributed by atoms with E-state index in [-0.39, 0.29) is 0 Å². The Balaban J connectivity index is 1.99. The van der Waals surface area contributed by atoms with Gasteiger partial charge in [-0.25, -0.2) is 0 Å². The summed E-state index contributed by atoms with van der Waals surface area (Å²) in [4.78, 5) is 0. The third-order valence-corrected chi connectivity index (χ3v) is 6.44. The average Bonchev–Trinajstić information content (AvgIpc) is 2.64. The molecule has 0 heterocycles. The maximum Gasteiger partial charge on any atom is 0.490 e. The molecule has 0 bridgehead atoms. The highest BCUT2D eigenvalue weighted by atomic mass is 32.5. The molecule has 0 aliphatic carbocycles. The Morgan fingerprint density at radius 1 is 0.593 bits per heavy atom. The van der Waals surface area contributed by atoms with Gasteiger partial charge in [0.1, 0.15) is 17.2 Å². The van der Waals surface area contributed by atoms with Crippen molar-refractivity contribution in [1.82, 2.24) is 0 Å². The second-order valence-electron chi connectivity index (χ2n) is 6.43. The standard InChI is InChI=1S/C22H23O3PS/c1-16-10-8-14-21(18(16)3)24-26(27,23-20-12-6-5-7-13-20)25-22-15-9-11-17(2)19(22)4/h5-15H,1-4H3. The molecule has 3 aromatic carbocycles. The molecule has 5 heteroatoms. The third kappa shape index (κ3) is 4.71. The Morgan fingerprint density at radius 2 is 1.07 bits per heavy atom. The Morgan fingerprint density at radius 3 is 1.56 bits per heavy atom. The summed E-state index contributed by atoms with van der Waals surface area (Å²) in [5.41, 5.74) is 4.29. The van der Waals surface area contributed by atoms with Crippen molar-refractivity contribution in [1.29, 1.82) is 0 Å². The molecule has 0 aliphatic rings. The van der Waals surface area contributed by atoms with Crippen LogP contribution in [0.15, 0.2) is 66.7 Å². The quantitative estimate of drug-likeness (QED) is 0.433. The molecule has 0 unspecified atom stereocenters. The van der Waals surface area contributed by atoms with Gasteiger partial charge in [-0.05, 0) is 74.2 Å². The summed E-state index contributed by atoms with van der Waals surface area (Å²) in [6.45, 7) is 4.94. The molecule has 0 saturated carbocycles. The van der Waals surface area contributed by atoms with E-state index < -0.39 is 6.72 Å². The molecule has 27 heavy (non-hydrogen) atoms. The Labute approximate surface area is 166 Å². The fourth-order valence-corrected chi connectivity index (χ4v) is 4.66. The van der Waals surface area contributed by atoms with Crippen LogP contribution in [0.3, 0.4) is 0 Å². The normalized spacial score (nSPS) is 11.1. The minimum absolute atomic E-state index is 0.622. The van der Waals surface area contributed by atoms with Crippen molar-refractivity contribution < 1.29 is 13.6 Å². The van der Waals surface area contributed by atoms with Crippen LogP contribution in [0.5, 0.6) is 17.2 Å². The van der Waals surface area contributed by atoms with Gasteiger partial charge < -0.3 is 13.6 Å². The molecular formula is C22H23O3PS. The predicted octanol–water partition coefficient (Wildman–Crippen LogP) is 6.68. The van der Waals surface area contributed by atoms with E-state index in [2.05, 4.69) is 0 Å². The zero-order valence-corrected chi connectivity index (χ0v) is 17.6. The van der Waals surface area contributed by atoms with Crippen molar-refractivity contribution in [2.45, 2.75) is 27.7 Å². The van der Waals surface area contributed by atoms with Gasteiger partial charge in [0.15, 0.2) is 0 Å². The zero-order chi connectivity index (χ0) is 19.4. The van der Waals surface area contributed by atoms with E-state index in [1.54, 1.807) is 0 Å². The second-order valence-corrected chi connectivity index (χ2v) is 9.21. The number of hydrogen-bond acceptors (Lipinski definition) is 4. The minimum atomic E-state index is -3.15. The summed E-state index contributed by atoms with van der Waals surface area (Å²) in [7, 11) is 0. The molecule has 0 aromatic heterocycles. The molecule has 140 valence electrons. The average molecular weight is 398 g/mol. The SMILES string of the molecule is Cc1cccc(OP(=S)(Oc2ccccc2)Oc2cccc(C)c2C)c1C. The van der Waals surface area contributed by atoms with Crippen LogP contribution in [0, 0.1) is 27.7 Å². The van der Waals surface area contributed by atoms with Gasteiger partial charge in [0.2, 0.25) is 0 Å². The largest absolute Gasteiger partial charge is 0.490 e. The monoisotopic (exact) mass is 398 g/mol. The van der Waals surface area contributed by atoms with Crippen molar-refractivity contribution in [3.8, 4) is 17.2 Å². The van der Waals surface area contributed by atoms with Crippen molar-refractivity contribution in [3.63, 3.8) is 0 Å². The smallest absolute Gasteiger partial charge is 0.407 e. The summed E-state index contributed by atoms with van der Waals surface area (Å²) in [5, 5.41) is 0. The molecule has 3 nitrogen and oxygen atoms in total. The highest BCUT2D eigenvalue weighted by Crippen LogP contribution is 2.51. The first-order valence-electron chi connectivity index (χ1n) is 8.74. The van der Waals surface area contributed by atoms with Crippen LogP contribution in [0.1, 0.15) is 22.3 Å². The lowest BCUT2D eigenvalue weighted by molar-refractivity contribution is 0.381.